The highest BCUT2D eigenvalue weighted by Crippen LogP contribution is 2.31. The number of aliphatic carboxylic acids is 1. The van der Waals surface area contributed by atoms with Gasteiger partial charge in [-0.3, -0.25) is 4.79 Å². The molecule has 1 aromatic rings. The number of nitriles is 1. The fraction of sp³-hybridized carbons (Fsp3) is 0.385. The maximum atomic E-state index is 12.6. The predicted molar refractivity (Wildman–Crippen MR) is 77.9 cm³/mol. The van der Waals surface area contributed by atoms with Crippen molar-refractivity contribution in [1.82, 2.24) is 4.31 Å². The van der Waals surface area contributed by atoms with E-state index in [0.29, 0.717) is 4.47 Å². The van der Waals surface area contributed by atoms with Crippen molar-refractivity contribution in [1.29, 1.82) is 5.26 Å². The van der Waals surface area contributed by atoms with Crippen LogP contribution < -0.4 is 0 Å². The van der Waals surface area contributed by atoms with Crippen LogP contribution in [0, 0.1) is 23.2 Å². The molecule has 0 spiro atoms. The zero-order valence-electron chi connectivity index (χ0n) is 11.2. The third kappa shape index (κ3) is 2.81. The monoisotopic (exact) mass is 372 g/mol. The molecule has 112 valence electrons. The topological polar surface area (TPSA) is 98.5 Å². The molecule has 0 aromatic heterocycles. The van der Waals surface area contributed by atoms with Crippen LogP contribution >= 0.6 is 15.9 Å². The van der Waals surface area contributed by atoms with Gasteiger partial charge < -0.3 is 5.11 Å². The van der Waals surface area contributed by atoms with Crippen molar-refractivity contribution in [3.8, 4) is 6.07 Å². The van der Waals surface area contributed by atoms with E-state index in [1.54, 1.807) is 13.0 Å². The summed E-state index contributed by atoms with van der Waals surface area (Å²) in [5.41, 5.74) is 0.0314. The number of sulfonamides is 1. The van der Waals surface area contributed by atoms with E-state index in [-0.39, 0.29) is 29.5 Å². The Bertz CT molecular complexity index is 726. The average Bonchev–Trinajstić information content (AvgIpc) is 2.81. The van der Waals surface area contributed by atoms with Crippen LogP contribution in [-0.2, 0) is 14.8 Å². The largest absolute Gasteiger partial charge is 0.481 e. The highest BCUT2D eigenvalue weighted by Gasteiger charge is 2.41. The van der Waals surface area contributed by atoms with Crippen molar-refractivity contribution in [2.24, 2.45) is 11.8 Å². The highest BCUT2D eigenvalue weighted by molar-refractivity contribution is 9.10. The Balaban J connectivity index is 2.44. The van der Waals surface area contributed by atoms with Crippen molar-refractivity contribution >= 4 is 31.9 Å². The Kier molecular flexibility index (Phi) is 4.37. The molecule has 21 heavy (non-hydrogen) atoms. The molecule has 0 unspecified atom stereocenters. The van der Waals surface area contributed by atoms with Crippen LogP contribution in [0.1, 0.15) is 12.5 Å². The van der Waals surface area contributed by atoms with Crippen LogP contribution in [0.5, 0.6) is 0 Å². The highest BCUT2D eigenvalue weighted by atomic mass is 79.9. The van der Waals surface area contributed by atoms with E-state index >= 15 is 0 Å². The van der Waals surface area contributed by atoms with E-state index in [9.17, 15) is 13.2 Å². The van der Waals surface area contributed by atoms with E-state index in [0.717, 1.165) is 4.31 Å². The normalized spacial score (nSPS) is 22.9. The summed E-state index contributed by atoms with van der Waals surface area (Å²) in [6.07, 6.45) is 0. The summed E-state index contributed by atoms with van der Waals surface area (Å²) >= 11 is 3.16. The number of benzene rings is 1. The molecule has 0 radical (unpaired) electrons. The molecule has 1 fully saturated rings. The van der Waals surface area contributed by atoms with Crippen LogP contribution in [0.15, 0.2) is 27.6 Å². The third-order valence-corrected chi connectivity index (χ3v) is 6.14. The van der Waals surface area contributed by atoms with Crippen LogP contribution in [0.3, 0.4) is 0 Å². The van der Waals surface area contributed by atoms with Crippen molar-refractivity contribution in [3.05, 3.63) is 28.2 Å². The average molecular weight is 373 g/mol. The quantitative estimate of drug-likeness (QED) is 0.869. The summed E-state index contributed by atoms with van der Waals surface area (Å²) in [6, 6.07) is 6.35. The Morgan fingerprint density at radius 2 is 2.14 bits per heavy atom. The van der Waals surface area contributed by atoms with Crippen molar-refractivity contribution in [2.45, 2.75) is 11.8 Å². The lowest BCUT2D eigenvalue weighted by molar-refractivity contribution is -0.142. The fourth-order valence-corrected chi connectivity index (χ4v) is 4.72. The molecule has 1 N–H and O–H groups in total. The molecule has 0 bridgehead atoms. The summed E-state index contributed by atoms with van der Waals surface area (Å²) < 4.78 is 26.8. The predicted octanol–water partition coefficient (Wildman–Crippen LogP) is 1.66. The van der Waals surface area contributed by atoms with Gasteiger partial charge in [0.15, 0.2) is 0 Å². The molecule has 1 heterocycles. The van der Waals surface area contributed by atoms with Gasteiger partial charge in [0.1, 0.15) is 11.0 Å². The zero-order chi connectivity index (χ0) is 15.8. The molecule has 6 nitrogen and oxygen atoms in total. The van der Waals surface area contributed by atoms with Gasteiger partial charge >= 0.3 is 5.97 Å². The molecular weight excluding hydrogens is 360 g/mol. The molecule has 2 atom stereocenters. The second kappa shape index (κ2) is 5.75. The number of nitrogens with zero attached hydrogens (tertiary/aromatic N) is 2. The molecule has 1 aliphatic heterocycles. The number of carbonyl (C=O) groups is 1. The second-order valence-corrected chi connectivity index (χ2v) is 7.73. The van der Waals surface area contributed by atoms with Gasteiger partial charge in [0, 0.05) is 17.6 Å². The first-order chi connectivity index (χ1) is 9.78. The van der Waals surface area contributed by atoms with Crippen LogP contribution in [-0.4, -0.2) is 36.9 Å². The van der Waals surface area contributed by atoms with Gasteiger partial charge in [0.25, 0.3) is 0 Å². The Morgan fingerprint density at radius 3 is 2.67 bits per heavy atom. The number of rotatable bonds is 3. The van der Waals surface area contributed by atoms with E-state index < -0.39 is 21.9 Å². The SMILES string of the molecule is C[C@@H]1CN(S(=O)(=O)c2cccc(Br)c2C#N)C[C@H]1C(=O)O. The lowest BCUT2D eigenvalue weighted by Crippen LogP contribution is -2.30. The third-order valence-electron chi connectivity index (χ3n) is 3.60. The summed E-state index contributed by atoms with van der Waals surface area (Å²) in [7, 11) is -3.89. The van der Waals surface area contributed by atoms with Gasteiger partial charge in [-0.25, -0.2) is 8.42 Å². The van der Waals surface area contributed by atoms with E-state index in [1.807, 2.05) is 6.07 Å². The van der Waals surface area contributed by atoms with Crippen molar-refractivity contribution in [3.63, 3.8) is 0 Å². The Hall–Kier alpha value is -1.43. The van der Waals surface area contributed by atoms with Gasteiger partial charge in [-0.15, -0.1) is 0 Å². The first-order valence-corrected chi connectivity index (χ1v) is 8.44. The number of hydrogen-bond acceptors (Lipinski definition) is 4. The molecule has 1 aromatic carbocycles. The van der Waals surface area contributed by atoms with Gasteiger partial charge in [0.2, 0.25) is 10.0 Å². The number of carboxylic acid groups (broad SMARTS) is 1. The second-order valence-electron chi connectivity index (χ2n) is 4.97. The van der Waals surface area contributed by atoms with E-state index in [4.69, 9.17) is 10.4 Å². The molecule has 1 saturated heterocycles. The summed E-state index contributed by atoms with van der Waals surface area (Å²) in [4.78, 5) is 11.0. The van der Waals surface area contributed by atoms with Crippen LogP contribution in [0.25, 0.3) is 0 Å². The minimum absolute atomic E-state index is 0.0314. The fourth-order valence-electron chi connectivity index (χ4n) is 2.41. The van der Waals surface area contributed by atoms with Gasteiger partial charge in [-0.05, 0) is 34.0 Å². The van der Waals surface area contributed by atoms with E-state index in [1.165, 1.54) is 12.1 Å². The van der Waals surface area contributed by atoms with Crippen LogP contribution in [0.2, 0.25) is 0 Å². The first kappa shape index (κ1) is 15.9. The lowest BCUT2D eigenvalue weighted by Gasteiger charge is -2.17. The van der Waals surface area contributed by atoms with Gasteiger partial charge in [-0.1, -0.05) is 13.0 Å². The number of carboxylic acids is 1. The molecule has 0 amide bonds. The van der Waals surface area contributed by atoms with E-state index in [2.05, 4.69) is 15.9 Å². The summed E-state index contributed by atoms with van der Waals surface area (Å²) in [6.45, 7) is 1.77. The smallest absolute Gasteiger partial charge is 0.308 e. The molecule has 1 aliphatic rings. The first-order valence-electron chi connectivity index (χ1n) is 6.20. The summed E-state index contributed by atoms with van der Waals surface area (Å²) in [5.74, 6) is -2.00. The molecule has 0 saturated carbocycles. The zero-order valence-corrected chi connectivity index (χ0v) is 13.6. The Morgan fingerprint density at radius 1 is 1.48 bits per heavy atom. The standard InChI is InChI=1S/C13H13BrN2O4S/c1-8-6-16(7-10(8)13(17)18)21(19,20)12-4-2-3-11(14)9(12)5-15/h2-4,8,10H,6-7H2,1H3,(H,17,18)/t8-,10-/m1/s1. The Labute approximate surface area is 131 Å². The summed E-state index contributed by atoms with van der Waals surface area (Å²) in [5, 5.41) is 18.2. The van der Waals surface area contributed by atoms with Gasteiger partial charge in [-0.2, -0.15) is 9.57 Å². The number of hydrogen-bond donors (Lipinski definition) is 1. The molecule has 0 aliphatic carbocycles. The minimum atomic E-state index is -3.89. The van der Waals surface area contributed by atoms with Crippen LogP contribution in [0.4, 0.5) is 0 Å². The lowest BCUT2D eigenvalue weighted by atomic mass is 9.99. The minimum Gasteiger partial charge on any atom is -0.481 e. The molecular formula is C13H13BrN2O4S. The van der Waals surface area contributed by atoms with Crippen molar-refractivity contribution in [2.75, 3.05) is 13.1 Å². The number of halogens is 1. The van der Waals surface area contributed by atoms with Gasteiger partial charge in [0.05, 0.1) is 11.5 Å². The molecule has 8 heteroatoms. The van der Waals surface area contributed by atoms with Crippen molar-refractivity contribution < 1.29 is 18.3 Å². The molecule has 2 rings (SSSR count). The maximum absolute atomic E-state index is 12.6. The maximum Gasteiger partial charge on any atom is 0.308 e.